The van der Waals surface area contributed by atoms with E-state index in [0.29, 0.717) is 12.1 Å². The number of aromatic amines is 1. The zero-order valence-corrected chi connectivity index (χ0v) is 24.1. The molecule has 4 atom stereocenters. The van der Waals surface area contributed by atoms with Crippen LogP contribution in [0.25, 0.3) is 43.5 Å². The molecule has 1 aliphatic heterocycles. The van der Waals surface area contributed by atoms with E-state index in [9.17, 15) is 19.4 Å². The van der Waals surface area contributed by atoms with Crippen LogP contribution >= 0.6 is 7.60 Å². The fourth-order valence-corrected chi connectivity index (χ4v) is 6.84. The minimum absolute atomic E-state index is 0.150. The number of H-pyrrole nitrogens is 1. The normalized spacial score (nSPS) is 20.6. The molecule has 2 unspecified atom stereocenters. The monoisotopic (exact) mass is 601 g/mol. The van der Waals surface area contributed by atoms with Crippen molar-refractivity contribution in [2.24, 2.45) is 0 Å². The highest BCUT2D eigenvalue weighted by Gasteiger charge is 2.36. The first-order chi connectivity index (χ1) is 20.9. The second-order valence-corrected chi connectivity index (χ2v) is 12.7. The van der Waals surface area contributed by atoms with Gasteiger partial charge in [0.1, 0.15) is 18.7 Å². The van der Waals surface area contributed by atoms with Crippen LogP contribution in [-0.4, -0.2) is 56.4 Å². The van der Waals surface area contributed by atoms with Gasteiger partial charge >= 0.3 is 0 Å². The second-order valence-electron chi connectivity index (χ2n) is 11.0. The number of hydrogen-bond donors (Lipinski definition) is 2. The molecule has 0 saturated carbocycles. The highest BCUT2D eigenvalue weighted by Crippen LogP contribution is 2.40. The fourth-order valence-electron chi connectivity index (χ4n) is 6.04. The number of rotatable bonds is 11. The number of imidazole rings is 1. The van der Waals surface area contributed by atoms with Crippen LogP contribution in [0.3, 0.4) is 0 Å². The first kappa shape index (κ1) is 28.1. The lowest BCUT2D eigenvalue weighted by atomic mass is 9.91. The Labute approximate surface area is 245 Å². The van der Waals surface area contributed by atoms with Crippen LogP contribution in [-0.2, 0) is 25.0 Å². The van der Waals surface area contributed by atoms with Crippen molar-refractivity contribution in [3.05, 3.63) is 83.2 Å². The number of nitrogens with zero attached hydrogens (tertiary/aromatic N) is 3. The van der Waals surface area contributed by atoms with Crippen molar-refractivity contribution < 1.29 is 28.6 Å². The van der Waals surface area contributed by atoms with E-state index in [4.69, 9.17) is 14.0 Å². The lowest BCUT2D eigenvalue weighted by molar-refractivity contribution is -0.207. The summed E-state index contributed by atoms with van der Waals surface area (Å²) in [4.78, 5) is 35.0. The third kappa shape index (κ3) is 5.44. The molecular formula is C31H30N4O7P-. The smallest absolute Gasteiger partial charge is 0.278 e. The maximum atomic E-state index is 12.5. The number of aryl methyl sites for hydroxylation is 1. The van der Waals surface area contributed by atoms with Crippen molar-refractivity contribution in [2.75, 3.05) is 19.6 Å². The Balaban J connectivity index is 0.887. The molecule has 12 heteroatoms. The van der Waals surface area contributed by atoms with Crippen molar-refractivity contribution >= 4 is 51.1 Å². The van der Waals surface area contributed by atoms with E-state index in [0.717, 1.165) is 12.8 Å². The third-order valence-electron chi connectivity index (χ3n) is 8.17. The standard InChI is InChI=1S/C31H31N4O7P/c36-24-14-26(35-17-34-29-30(35)32-16-33-31(29)37)42-25(24)15-41-43(38,39)18-40-13-2-1-4-19-7-8-22-10-9-20-5-3-6-21-11-12-23(19)28(22)27(20)21/h3,5-12,16-17,24-26,36H,1-2,4,13-15,18H2,(H,38,39)(H,32,33,37)/p-1/t24?,25-,26-/m1/s1. The predicted molar refractivity (Wildman–Crippen MR) is 160 cm³/mol. The van der Waals surface area contributed by atoms with Crippen molar-refractivity contribution in [3.63, 3.8) is 0 Å². The molecule has 2 aromatic heterocycles. The fraction of sp³-hybridized carbons (Fsp3) is 0.323. The molecule has 2 N–H and O–H groups in total. The summed E-state index contributed by atoms with van der Waals surface area (Å²) in [5.74, 6) is 0. The van der Waals surface area contributed by atoms with Crippen molar-refractivity contribution in [1.82, 2.24) is 19.5 Å². The molecule has 0 spiro atoms. The van der Waals surface area contributed by atoms with Crippen LogP contribution in [0.15, 0.2) is 72.0 Å². The molecule has 222 valence electrons. The summed E-state index contributed by atoms with van der Waals surface area (Å²) in [7, 11) is -4.31. The van der Waals surface area contributed by atoms with E-state index in [1.54, 1.807) is 0 Å². The number of unbranched alkanes of at least 4 members (excludes halogenated alkanes) is 1. The molecule has 1 aliphatic rings. The first-order valence-corrected chi connectivity index (χ1v) is 16.0. The van der Waals surface area contributed by atoms with E-state index in [1.807, 2.05) is 0 Å². The summed E-state index contributed by atoms with van der Waals surface area (Å²) in [5.41, 5.74) is 1.34. The van der Waals surface area contributed by atoms with Gasteiger partial charge in [-0.05, 0) is 57.1 Å². The van der Waals surface area contributed by atoms with Crippen LogP contribution in [0.1, 0.15) is 31.1 Å². The summed E-state index contributed by atoms with van der Waals surface area (Å²) >= 11 is 0. The highest BCUT2D eigenvalue weighted by molar-refractivity contribution is 7.51. The highest BCUT2D eigenvalue weighted by atomic mass is 31.2. The van der Waals surface area contributed by atoms with Crippen molar-refractivity contribution in [3.8, 4) is 0 Å². The predicted octanol–water partition coefficient (Wildman–Crippen LogP) is 4.23. The molecular weight excluding hydrogens is 571 g/mol. The van der Waals surface area contributed by atoms with Gasteiger partial charge < -0.3 is 33.5 Å². The maximum absolute atomic E-state index is 12.5. The molecule has 4 aromatic carbocycles. The number of aromatic nitrogens is 4. The molecule has 6 aromatic rings. The van der Waals surface area contributed by atoms with Crippen LogP contribution in [0.2, 0.25) is 0 Å². The van der Waals surface area contributed by atoms with Gasteiger partial charge in [-0.3, -0.25) is 9.36 Å². The molecule has 1 fully saturated rings. The largest absolute Gasteiger partial charge is 0.777 e. The molecule has 0 amide bonds. The van der Waals surface area contributed by atoms with Gasteiger partial charge in [-0.25, -0.2) is 9.97 Å². The summed E-state index contributed by atoms with van der Waals surface area (Å²) in [6.07, 6.45) is 2.17. The molecule has 0 bridgehead atoms. The van der Waals surface area contributed by atoms with Gasteiger partial charge in [0.2, 0.25) is 0 Å². The van der Waals surface area contributed by atoms with Crippen LogP contribution in [0.5, 0.6) is 0 Å². The number of hydrogen-bond acceptors (Lipinski definition) is 9. The average Bonchev–Trinajstić information content (AvgIpc) is 3.61. The summed E-state index contributed by atoms with van der Waals surface area (Å²) in [6, 6.07) is 19.5. The topological polar surface area (TPSA) is 152 Å². The third-order valence-corrected chi connectivity index (χ3v) is 9.21. The lowest BCUT2D eigenvalue weighted by Crippen LogP contribution is -2.27. The van der Waals surface area contributed by atoms with E-state index >= 15 is 0 Å². The summed E-state index contributed by atoms with van der Waals surface area (Å²) < 4.78 is 30.4. The van der Waals surface area contributed by atoms with Gasteiger partial charge in [-0.2, -0.15) is 0 Å². The van der Waals surface area contributed by atoms with E-state index in [2.05, 4.69) is 69.5 Å². The van der Waals surface area contributed by atoms with E-state index < -0.39 is 32.4 Å². The molecule has 1 saturated heterocycles. The van der Waals surface area contributed by atoms with Gasteiger partial charge in [0.15, 0.2) is 18.8 Å². The van der Waals surface area contributed by atoms with E-state index in [-0.39, 0.29) is 30.7 Å². The van der Waals surface area contributed by atoms with Crippen molar-refractivity contribution in [1.29, 1.82) is 0 Å². The van der Waals surface area contributed by atoms with Gasteiger partial charge in [-0.1, -0.05) is 54.6 Å². The van der Waals surface area contributed by atoms with Crippen LogP contribution in [0.4, 0.5) is 0 Å². The Morgan fingerprint density at radius 3 is 2.65 bits per heavy atom. The number of fused-ring (bicyclic) bond motifs is 1. The minimum Gasteiger partial charge on any atom is -0.777 e. The molecule has 43 heavy (non-hydrogen) atoms. The van der Waals surface area contributed by atoms with Crippen LogP contribution < -0.4 is 10.5 Å². The van der Waals surface area contributed by atoms with Crippen molar-refractivity contribution in [2.45, 2.75) is 44.1 Å². The van der Waals surface area contributed by atoms with Crippen LogP contribution in [0, 0.1) is 0 Å². The molecule has 0 radical (unpaired) electrons. The number of ether oxygens (including phenoxy) is 2. The summed E-state index contributed by atoms with van der Waals surface area (Å²) in [5, 5.41) is 18.0. The minimum atomic E-state index is -4.31. The average molecular weight is 602 g/mol. The Bertz CT molecular complexity index is 2010. The molecule has 3 heterocycles. The number of nitrogens with one attached hydrogen (secondary N) is 1. The molecule has 0 aliphatic carbocycles. The first-order valence-electron chi connectivity index (χ1n) is 14.3. The Morgan fingerprint density at radius 1 is 1.05 bits per heavy atom. The SMILES string of the molecule is O=c1[nH]cnc2c1ncn2[C@H]1CC(O)[C@@H](COP(=O)([O-])COCCCCc2ccc3ccc4cccc5ccc2c3c45)O1. The van der Waals surface area contributed by atoms with Gasteiger partial charge in [0.25, 0.3) is 5.56 Å². The number of benzene rings is 4. The van der Waals surface area contributed by atoms with E-state index in [1.165, 1.54) is 55.1 Å². The lowest BCUT2D eigenvalue weighted by Gasteiger charge is -2.25. The zero-order chi connectivity index (χ0) is 29.6. The molecule has 7 rings (SSSR count). The Hall–Kier alpha value is -3.70. The molecule has 11 nitrogen and oxygen atoms in total. The van der Waals surface area contributed by atoms with Gasteiger partial charge in [0, 0.05) is 13.0 Å². The zero-order valence-electron chi connectivity index (χ0n) is 23.2. The maximum Gasteiger partial charge on any atom is 0.278 e. The Kier molecular flexibility index (Phi) is 7.46. The van der Waals surface area contributed by atoms with Gasteiger partial charge in [0.05, 0.1) is 25.4 Å². The van der Waals surface area contributed by atoms with Gasteiger partial charge in [-0.15, -0.1) is 0 Å². The second kappa shape index (κ2) is 11.4. The quantitative estimate of drug-likeness (QED) is 0.126. The number of aliphatic hydroxyl groups is 1. The Morgan fingerprint density at radius 2 is 1.81 bits per heavy atom. The number of aliphatic hydroxyl groups excluding tert-OH is 1. The summed E-state index contributed by atoms with van der Waals surface area (Å²) in [6.45, 7) is -0.0665.